The first kappa shape index (κ1) is 50.1. The maximum atomic E-state index is 6.30. The molecule has 5 heteroatoms. The van der Waals surface area contributed by atoms with E-state index in [-0.39, 0.29) is 35.2 Å². The van der Waals surface area contributed by atoms with Gasteiger partial charge in [0.05, 0.1) is 5.69 Å². The summed E-state index contributed by atoms with van der Waals surface area (Å²) in [6.07, 6.45) is 0. The summed E-state index contributed by atoms with van der Waals surface area (Å²) in [5.41, 5.74) is 26.3. The predicted molar refractivity (Wildman–Crippen MR) is 328 cm³/mol. The standard InChI is InChI=1S/C72H71BN2O2/c1-45-35-64-68-65(36-45)75(61-34-32-56(72(11,12)13)41-58(61)49-17-15-14-16-18-49)63-43-67-66(76-44-77-67)42-60(63)73(68)59-33-25-50(46-19-26-53(27-20-46)69(2,3)4)40-62(59)74(64)57-38-51(47-21-28-54(29-22-47)70(5,6)7)37-52(39-57)48-23-30-55(31-24-48)71(8,9)10/h14-43H,44H2,1-13H3. The van der Waals surface area contributed by atoms with E-state index < -0.39 is 0 Å². The fraction of sp³-hybridized carbons (Fsp3) is 0.250. The maximum Gasteiger partial charge on any atom is 0.252 e. The molecule has 0 bridgehead atoms. The van der Waals surface area contributed by atoms with Crippen LogP contribution in [0.1, 0.15) is 111 Å². The van der Waals surface area contributed by atoms with Crippen molar-refractivity contribution in [3.8, 4) is 56.0 Å². The fourth-order valence-electron chi connectivity index (χ4n) is 11.8. The Hall–Kier alpha value is -7.76. The van der Waals surface area contributed by atoms with Crippen molar-refractivity contribution in [2.24, 2.45) is 0 Å². The van der Waals surface area contributed by atoms with E-state index in [1.165, 1.54) is 88.7 Å². The fourth-order valence-corrected chi connectivity index (χ4v) is 11.8. The summed E-state index contributed by atoms with van der Waals surface area (Å²) < 4.78 is 12.6. The van der Waals surface area contributed by atoms with E-state index in [0.29, 0.717) is 0 Å². The van der Waals surface area contributed by atoms with E-state index in [0.717, 1.165) is 45.6 Å². The van der Waals surface area contributed by atoms with Crippen LogP contribution in [0.15, 0.2) is 182 Å². The lowest BCUT2D eigenvalue weighted by Gasteiger charge is -2.45. The zero-order chi connectivity index (χ0) is 53.9. The van der Waals surface area contributed by atoms with Crippen LogP contribution in [-0.4, -0.2) is 13.5 Å². The molecule has 0 radical (unpaired) electrons. The minimum Gasteiger partial charge on any atom is -0.454 e. The molecule has 0 saturated heterocycles. The van der Waals surface area contributed by atoms with Gasteiger partial charge < -0.3 is 19.3 Å². The average molecular weight is 1010 g/mol. The molecular weight excluding hydrogens is 936 g/mol. The quantitative estimate of drug-likeness (QED) is 0.155. The van der Waals surface area contributed by atoms with Crippen molar-refractivity contribution in [2.75, 3.05) is 16.6 Å². The lowest BCUT2D eigenvalue weighted by molar-refractivity contribution is 0.174. The SMILES string of the molecule is Cc1cc2c3c(c1)N(c1ccc(C(C)(C)C)cc1-c1ccccc1)c1cc4c(cc1B3c1ccc(-c3ccc(C(C)(C)C)cc3)cc1N2c1cc(-c2ccc(C(C)(C)C)cc2)cc(-c2ccc(C(C)(C)C)cc2)c1)OCO4. The Morgan fingerprint density at radius 2 is 0.818 bits per heavy atom. The van der Waals surface area contributed by atoms with Crippen LogP contribution in [0.25, 0.3) is 44.5 Å². The molecule has 9 aromatic carbocycles. The second kappa shape index (κ2) is 18.2. The van der Waals surface area contributed by atoms with Gasteiger partial charge in [-0.05, 0) is 166 Å². The topological polar surface area (TPSA) is 24.9 Å². The van der Waals surface area contributed by atoms with Gasteiger partial charge in [0.1, 0.15) is 0 Å². The summed E-state index contributed by atoms with van der Waals surface area (Å²) in [6, 6.07) is 69.5. The summed E-state index contributed by atoms with van der Waals surface area (Å²) in [6.45, 7) is 29.8. The van der Waals surface area contributed by atoms with E-state index in [2.05, 4.69) is 282 Å². The molecule has 0 unspecified atom stereocenters. The number of hydrogen-bond donors (Lipinski definition) is 0. The van der Waals surface area contributed by atoms with Crippen molar-refractivity contribution in [3.63, 3.8) is 0 Å². The second-order valence-electron chi connectivity index (χ2n) is 26.0. The third-order valence-electron chi connectivity index (χ3n) is 16.3. The first-order chi connectivity index (χ1) is 36.6. The van der Waals surface area contributed by atoms with Crippen LogP contribution in [0, 0.1) is 6.92 Å². The Kier molecular flexibility index (Phi) is 11.8. The van der Waals surface area contributed by atoms with Gasteiger partial charge in [-0.3, -0.25) is 0 Å². The molecule has 9 aromatic rings. The van der Waals surface area contributed by atoms with Crippen molar-refractivity contribution in [1.82, 2.24) is 0 Å². The molecule has 3 heterocycles. The molecule has 0 N–H and O–H groups in total. The third-order valence-corrected chi connectivity index (χ3v) is 16.3. The minimum atomic E-state index is -0.128. The lowest BCUT2D eigenvalue weighted by atomic mass is 9.33. The molecule has 4 nitrogen and oxygen atoms in total. The van der Waals surface area contributed by atoms with E-state index in [4.69, 9.17) is 9.47 Å². The number of ether oxygens (including phenoxy) is 2. The number of aryl methyl sites for hydroxylation is 1. The Morgan fingerprint density at radius 1 is 0.351 bits per heavy atom. The van der Waals surface area contributed by atoms with Crippen LogP contribution in [0.3, 0.4) is 0 Å². The van der Waals surface area contributed by atoms with Crippen LogP contribution in [0.2, 0.25) is 0 Å². The first-order valence-electron chi connectivity index (χ1n) is 27.6. The van der Waals surface area contributed by atoms with Crippen LogP contribution < -0.4 is 35.7 Å². The van der Waals surface area contributed by atoms with Crippen molar-refractivity contribution < 1.29 is 9.47 Å². The summed E-state index contributed by atoms with van der Waals surface area (Å²) in [5, 5.41) is 0. The Labute approximate surface area is 458 Å². The third kappa shape index (κ3) is 9.02. The zero-order valence-electron chi connectivity index (χ0n) is 47.3. The second-order valence-corrected chi connectivity index (χ2v) is 26.0. The highest BCUT2D eigenvalue weighted by Gasteiger charge is 2.45. The molecule has 0 aromatic heterocycles. The monoisotopic (exact) mass is 1010 g/mol. The summed E-state index contributed by atoms with van der Waals surface area (Å²) in [7, 11) is 0. The van der Waals surface area contributed by atoms with Crippen LogP contribution in [-0.2, 0) is 21.7 Å². The van der Waals surface area contributed by atoms with E-state index in [9.17, 15) is 0 Å². The van der Waals surface area contributed by atoms with E-state index >= 15 is 0 Å². The van der Waals surface area contributed by atoms with Gasteiger partial charge in [-0.25, -0.2) is 0 Å². The van der Waals surface area contributed by atoms with Gasteiger partial charge in [-0.2, -0.15) is 0 Å². The highest BCUT2D eigenvalue weighted by atomic mass is 16.7. The Morgan fingerprint density at radius 3 is 1.35 bits per heavy atom. The highest BCUT2D eigenvalue weighted by Crippen LogP contribution is 2.51. The van der Waals surface area contributed by atoms with Gasteiger partial charge in [0.15, 0.2) is 11.5 Å². The van der Waals surface area contributed by atoms with Crippen molar-refractivity contribution in [3.05, 3.63) is 210 Å². The molecule has 3 aliphatic rings. The Bertz CT molecular complexity index is 3680. The zero-order valence-corrected chi connectivity index (χ0v) is 47.3. The van der Waals surface area contributed by atoms with Gasteiger partial charge in [-0.1, -0.05) is 204 Å². The van der Waals surface area contributed by atoms with Gasteiger partial charge >= 0.3 is 0 Å². The van der Waals surface area contributed by atoms with Gasteiger partial charge in [0, 0.05) is 40.1 Å². The smallest absolute Gasteiger partial charge is 0.252 e. The highest BCUT2D eigenvalue weighted by molar-refractivity contribution is 7.00. The summed E-state index contributed by atoms with van der Waals surface area (Å²) in [4.78, 5) is 5.11. The van der Waals surface area contributed by atoms with Crippen molar-refractivity contribution in [1.29, 1.82) is 0 Å². The molecule has 0 amide bonds. The average Bonchev–Trinajstić information content (AvgIpc) is 3.91. The molecule has 0 aliphatic carbocycles. The van der Waals surface area contributed by atoms with E-state index in [1.807, 2.05) is 0 Å². The normalized spacial score (nSPS) is 13.9. The molecule has 3 aliphatic heterocycles. The van der Waals surface area contributed by atoms with Crippen LogP contribution in [0.5, 0.6) is 11.5 Å². The van der Waals surface area contributed by atoms with Gasteiger partial charge in [-0.15, -0.1) is 0 Å². The van der Waals surface area contributed by atoms with Crippen molar-refractivity contribution >= 4 is 57.2 Å². The van der Waals surface area contributed by atoms with Crippen LogP contribution >= 0.6 is 0 Å². The molecule has 0 saturated carbocycles. The number of rotatable bonds is 6. The first-order valence-corrected chi connectivity index (χ1v) is 27.6. The summed E-state index contributed by atoms with van der Waals surface area (Å²) in [5.74, 6) is 1.54. The molecule has 77 heavy (non-hydrogen) atoms. The largest absolute Gasteiger partial charge is 0.454 e. The number of hydrogen-bond acceptors (Lipinski definition) is 4. The van der Waals surface area contributed by atoms with Gasteiger partial charge in [0.2, 0.25) is 6.79 Å². The molecule has 384 valence electrons. The maximum absolute atomic E-state index is 6.30. The predicted octanol–water partition coefficient (Wildman–Crippen LogP) is 17.7. The van der Waals surface area contributed by atoms with Crippen molar-refractivity contribution in [2.45, 2.75) is 112 Å². The molecule has 12 rings (SSSR count). The van der Waals surface area contributed by atoms with Crippen LogP contribution in [0.4, 0.5) is 34.1 Å². The minimum absolute atomic E-state index is 0.0334. The van der Waals surface area contributed by atoms with Gasteiger partial charge in [0.25, 0.3) is 6.71 Å². The molecule has 0 fully saturated rings. The lowest BCUT2D eigenvalue weighted by Crippen LogP contribution is -2.61. The number of fused-ring (bicyclic) bond motifs is 5. The Balaban J connectivity index is 1.16. The number of nitrogens with zero attached hydrogens (tertiary/aromatic N) is 2. The number of anilines is 6. The number of benzene rings is 9. The molecule has 0 spiro atoms. The molecular formula is C72H71BN2O2. The molecule has 0 atom stereocenters. The van der Waals surface area contributed by atoms with E-state index in [1.54, 1.807) is 0 Å². The summed E-state index contributed by atoms with van der Waals surface area (Å²) >= 11 is 0.